The quantitative estimate of drug-likeness (QED) is 0.749. The van der Waals surface area contributed by atoms with Crippen LogP contribution in [0.1, 0.15) is 57.9 Å². The van der Waals surface area contributed by atoms with Crippen LogP contribution in [-0.4, -0.2) is 36.8 Å². The monoisotopic (exact) mass is 362 g/mol. The van der Waals surface area contributed by atoms with Crippen molar-refractivity contribution in [1.82, 2.24) is 0 Å². The smallest absolute Gasteiger partial charge is 0.176 e. The summed E-state index contributed by atoms with van der Waals surface area (Å²) in [6.07, 6.45) is 6.26. The molecular weight excluding hydrogens is 328 g/mol. The molecule has 1 heterocycles. The highest BCUT2D eigenvalue weighted by molar-refractivity contribution is 5.13. The zero-order valence-electron chi connectivity index (χ0n) is 16.3. The maximum Gasteiger partial charge on any atom is 0.176 e. The van der Waals surface area contributed by atoms with Crippen molar-refractivity contribution in [3.8, 4) is 0 Å². The normalized spacial score (nSPS) is 29.1. The van der Waals surface area contributed by atoms with E-state index in [1.54, 1.807) is 0 Å². The van der Waals surface area contributed by atoms with Crippen molar-refractivity contribution in [3.05, 3.63) is 35.9 Å². The lowest BCUT2D eigenvalue weighted by molar-refractivity contribution is -0.289. The first-order valence-electron chi connectivity index (χ1n) is 10.1. The molecule has 1 spiro atoms. The van der Waals surface area contributed by atoms with Crippen LogP contribution in [0.4, 0.5) is 0 Å². The summed E-state index contributed by atoms with van der Waals surface area (Å²) in [6, 6.07) is 10.4. The molecule has 0 aromatic heterocycles. The van der Waals surface area contributed by atoms with Crippen LogP contribution in [0.3, 0.4) is 0 Å². The van der Waals surface area contributed by atoms with Gasteiger partial charge >= 0.3 is 0 Å². The lowest BCUT2D eigenvalue weighted by Crippen LogP contribution is -2.57. The zero-order chi connectivity index (χ0) is 18.5. The van der Waals surface area contributed by atoms with Crippen LogP contribution in [0.5, 0.6) is 0 Å². The molecule has 1 saturated heterocycles. The number of ether oxygens (including phenoxy) is 3. The molecule has 26 heavy (non-hydrogen) atoms. The maximum atomic E-state index is 9.33. The molecule has 1 aliphatic heterocycles. The van der Waals surface area contributed by atoms with Gasteiger partial charge in [-0.25, -0.2) is 0 Å². The van der Waals surface area contributed by atoms with Gasteiger partial charge in [0.15, 0.2) is 5.79 Å². The number of aliphatic hydroxyl groups is 1. The molecular formula is C22H34O4. The van der Waals surface area contributed by atoms with Gasteiger partial charge in [0, 0.05) is 18.4 Å². The summed E-state index contributed by atoms with van der Waals surface area (Å²) in [5.41, 5.74) is 1.04. The molecule has 3 rings (SSSR count). The van der Waals surface area contributed by atoms with E-state index in [0.29, 0.717) is 25.7 Å². The minimum atomic E-state index is -0.505. The molecule has 2 aliphatic rings. The number of aliphatic hydroxyl groups excluding tert-OH is 1. The summed E-state index contributed by atoms with van der Waals surface area (Å²) in [6.45, 7) is 6.62. The molecule has 4 nitrogen and oxygen atoms in total. The van der Waals surface area contributed by atoms with Crippen LogP contribution in [-0.2, 0) is 20.8 Å². The second kappa shape index (κ2) is 8.83. The molecule has 1 saturated carbocycles. The predicted octanol–water partition coefficient (Wildman–Crippen LogP) is 4.30. The number of benzene rings is 1. The van der Waals surface area contributed by atoms with Gasteiger partial charge in [-0.2, -0.15) is 0 Å². The first-order chi connectivity index (χ1) is 12.6. The highest BCUT2D eigenvalue weighted by Gasteiger charge is 2.58. The van der Waals surface area contributed by atoms with E-state index in [1.807, 2.05) is 6.07 Å². The van der Waals surface area contributed by atoms with E-state index in [1.165, 1.54) is 5.56 Å². The van der Waals surface area contributed by atoms with Crippen LogP contribution in [0.2, 0.25) is 0 Å². The Bertz CT molecular complexity index is 540. The van der Waals surface area contributed by atoms with Crippen molar-refractivity contribution in [2.75, 3.05) is 19.8 Å². The first-order valence-corrected chi connectivity index (χ1v) is 10.1. The molecule has 4 heteroatoms. The third-order valence-corrected chi connectivity index (χ3v) is 6.31. The first kappa shape index (κ1) is 19.8. The molecule has 2 fully saturated rings. The molecule has 0 amide bonds. The molecule has 1 aromatic rings. The average molecular weight is 363 g/mol. The Balaban J connectivity index is 1.71. The Labute approximate surface area is 157 Å². The van der Waals surface area contributed by atoms with Crippen molar-refractivity contribution in [2.24, 2.45) is 11.3 Å². The minimum absolute atomic E-state index is 0.124. The van der Waals surface area contributed by atoms with E-state index in [-0.39, 0.29) is 18.1 Å². The van der Waals surface area contributed by atoms with Crippen LogP contribution in [0.25, 0.3) is 0 Å². The zero-order valence-corrected chi connectivity index (χ0v) is 16.3. The fourth-order valence-corrected chi connectivity index (χ4v) is 4.60. The van der Waals surface area contributed by atoms with E-state index in [4.69, 9.17) is 14.2 Å². The minimum Gasteiger partial charge on any atom is -0.396 e. The Morgan fingerprint density at radius 1 is 1.23 bits per heavy atom. The third-order valence-electron chi connectivity index (χ3n) is 6.31. The topological polar surface area (TPSA) is 47.9 Å². The fourth-order valence-electron chi connectivity index (χ4n) is 4.60. The SMILES string of the molecule is CC(CO)CCC[C@@]1(C)[C@H](OCc2ccccc2)CCCC12OCCO2. The molecule has 1 aromatic carbocycles. The van der Waals surface area contributed by atoms with Crippen molar-refractivity contribution >= 4 is 0 Å². The second-order valence-electron chi connectivity index (χ2n) is 8.22. The van der Waals surface area contributed by atoms with E-state index >= 15 is 0 Å². The third kappa shape index (κ3) is 4.14. The van der Waals surface area contributed by atoms with Gasteiger partial charge in [0.2, 0.25) is 0 Å². The lowest BCUT2D eigenvalue weighted by atomic mass is 9.65. The van der Waals surface area contributed by atoms with E-state index in [9.17, 15) is 5.11 Å². The molecule has 3 atom stereocenters. The average Bonchev–Trinajstić information content (AvgIpc) is 3.14. The maximum absolute atomic E-state index is 9.33. The van der Waals surface area contributed by atoms with Crippen LogP contribution in [0.15, 0.2) is 30.3 Å². The fraction of sp³-hybridized carbons (Fsp3) is 0.727. The number of hydrogen-bond donors (Lipinski definition) is 1. The van der Waals surface area contributed by atoms with E-state index in [0.717, 1.165) is 38.5 Å². The summed E-state index contributed by atoms with van der Waals surface area (Å²) in [5.74, 6) is -0.165. The van der Waals surface area contributed by atoms with Crippen molar-refractivity contribution in [1.29, 1.82) is 0 Å². The van der Waals surface area contributed by atoms with Gasteiger partial charge in [0.1, 0.15) is 0 Å². The van der Waals surface area contributed by atoms with Crippen molar-refractivity contribution < 1.29 is 19.3 Å². The van der Waals surface area contributed by atoms with Gasteiger partial charge in [0.25, 0.3) is 0 Å². The van der Waals surface area contributed by atoms with Gasteiger partial charge in [-0.3, -0.25) is 0 Å². The van der Waals surface area contributed by atoms with Crippen molar-refractivity contribution in [3.63, 3.8) is 0 Å². The standard InChI is InChI=1S/C22H34O4/c1-18(16-23)8-6-12-21(2)20(24-17-19-9-4-3-5-10-19)11-7-13-22(21)25-14-15-26-22/h3-5,9-10,18,20,23H,6-8,11-17H2,1-2H3/t18?,20-,21+/m1/s1. The molecule has 146 valence electrons. The molecule has 1 aliphatic carbocycles. The van der Waals surface area contributed by atoms with E-state index < -0.39 is 5.79 Å². The van der Waals surface area contributed by atoms with E-state index in [2.05, 4.69) is 38.1 Å². The summed E-state index contributed by atoms with van der Waals surface area (Å²) in [7, 11) is 0. The summed E-state index contributed by atoms with van der Waals surface area (Å²) >= 11 is 0. The number of hydrogen-bond acceptors (Lipinski definition) is 4. The van der Waals surface area contributed by atoms with Crippen LogP contribution in [0, 0.1) is 11.3 Å². The van der Waals surface area contributed by atoms with Crippen LogP contribution < -0.4 is 0 Å². The predicted molar refractivity (Wildman–Crippen MR) is 102 cm³/mol. The van der Waals surface area contributed by atoms with Crippen molar-refractivity contribution in [2.45, 2.75) is 70.9 Å². The Kier molecular flexibility index (Phi) is 6.73. The summed E-state index contributed by atoms with van der Waals surface area (Å²) < 4.78 is 18.9. The number of rotatable bonds is 8. The largest absolute Gasteiger partial charge is 0.396 e. The molecule has 1 N–H and O–H groups in total. The van der Waals surface area contributed by atoms with Gasteiger partial charge in [-0.1, -0.05) is 50.6 Å². The molecule has 0 radical (unpaired) electrons. The molecule has 1 unspecified atom stereocenters. The van der Waals surface area contributed by atoms with Gasteiger partial charge in [-0.15, -0.1) is 0 Å². The molecule has 0 bridgehead atoms. The lowest BCUT2D eigenvalue weighted by Gasteiger charge is -2.52. The summed E-state index contributed by atoms with van der Waals surface area (Å²) in [5, 5.41) is 9.33. The Hall–Kier alpha value is -0.940. The summed E-state index contributed by atoms with van der Waals surface area (Å²) in [4.78, 5) is 0. The Morgan fingerprint density at radius 2 is 1.96 bits per heavy atom. The van der Waals surface area contributed by atoms with Gasteiger partial charge in [-0.05, 0) is 37.2 Å². The van der Waals surface area contributed by atoms with Gasteiger partial charge < -0.3 is 19.3 Å². The Morgan fingerprint density at radius 3 is 2.65 bits per heavy atom. The van der Waals surface area contributed by atoms with Gasteiger partial charge in [0.05, 0.1) is 25.9 Å². The highest BCUT2D eigenvalue weighted by Crippen LogP contribution is 2.53. The second-order valence-corrected chi connectivity index (χ2v) is 8.22. The van der Waals surface area contributed by atoms with Crippen LogP contribution >= 0.6 is 0 Å². The highest BCUT2D eigenvalue weighted by atomic mass is 16.7.